The van der Waals surface area contributed by atoms with Crippen molar-refractivity contribution in [3.05, 3.63) is 65.7 Å². The lowest BCUT2D eigenvalue weighted by molar-refractivity contribution is 0.0899. The highest BCUT2D eigenvalue weighted by Gasteiger charge is 2.25. The van der Waals surface area contributed by atoms with Gasteiger partial charge in [0.05, 0.1) is 0 Å². The van der Waals surface area contributed by atoms with Gasteiger partial charge in [-0.25, -0.2) is 4.39 Å². The first-order valence-electron chi connectivity index (χ1n) is 9.55. The van der Waals surface area contributed by atoms with Crippen LogP contribution in [0.4, 0.5) is 4.39 Å². The number of hydrogen-bond donors (Lipinski definition) is 2. The molecule has 1 amide bonds. The highest BCUT2D eigenvalue weighted by molar-refractivity contribution is 7.98. The normalized spacial score (nSPS) is 19.6. The number of carbonyl (C=O) groups excluding carboxylic acids is 1. The average molecular weight is 399 g/mol. The van der Waals surface area contributed by atoms with Crippen molar-refractivity contribution in [3.8, 4) is 0 Å². The molecule has 0 unspecified atom stereocenters. The van der Waals surface area contributed by atoms with Crippen molar-refractivity contribution in [2.45, 2.75) is 48.4 Å². The molecule has 1 fully saturated rings. The minimum absolute atomic E-state index is 0.137. The van der Waals surface area contributed by atoms with Gasteiger partial charge in [-0.05, 0) is 56.0 Å². The van der Waals surface area contributed by atoms with Crippen LogP contribution in [0.15, 0.2) is 57.8 Å². The number of thioether (sulfide) groups is 1. The van der Waals surface area contributed by atoms with Gasteiger partial charge in [0.25, 0.3) is 5.91 Å². The van der Waals surface area contributed by atoms with Crippen LogP contribution in [0.3, 0.4) is 0 Å². The summed E-state index contributed by atoms with van der Waals surface area (Å²) >= 11 is 1.56. The molecule has 0 bridgehead atoms. The number of nitrogens with two attached hydrogens (primary N) is 1. The summed E-state index contributed by atoms with van der Waals surface area (Å²) in [5.41, 5.74) is 7.53. The number of hydrogen-bond acceptors (Lipinski definition) is 4. The van der Waals surface area contributed by atoms with Crippen molar-refractivity contribution in [1.29, 1.82) is 0 Å². The van der Waals surface area contributed by atoms with Gasteiger partial charge in [0.15, 0.2) is 5.76 Å². The lowest BCUT2D eigenvalue weighted by Crippen LogP contribution is -2.40. The van der Waals surface area contributed by atoms with Crippen molar-refractivity contribution < 1.29 is 13.6 Å². The molecule has 3 aromatic rings. The minimum Gasteiger partial charge on any atom is -0.451 e. The topological polar surface area (TPSA) is 68.3 Å². The first-order chi connectivity index (χ1) is 13.6. The van der Waals surface area contributed by atoms with E-state index in [1.807, 2.05) is 24.3 Å². The molecule has 0 radical (unpaired) electrons. The second-order valence-electron chi connectivity index (χ2n) is 7.23. The van der Waals surface area contributed by atoms with Crippen molar-refractivity contribution in [1.82, 2.24) is 5.32 Å². The molecule has 1 aliphatic carbocycles. The maximum atomic E-state index is 13.1. The van der Waals surface area contributed by atoms with Crippen molar-refractivity contribution >= 4 is 28.6 Å². The fraction of sp³-hybridized carbons (Fsp3) is 0.318. The zero-order valence-corrected chi connectivity index (χ0v) is 16.3. The summed E-state index contributed by atoms with van der Waals surface area (Å²) in [6.45, 7) is 0. The van der Waals surface area contributed by atoms with E-state index in [9.17, 15) is 9.18 Å². The summed E-state index contributed by atoms with van der Waals surface area (Å²) in [5, 5.41) is 4.05. The van der Waals surface area contributed by atoms with Gasteiger partial charge in [-0.3, -0.25) is 4.79 Å². The summed E-state index contributed by atoms with van der Waals surface area (Å²) in [4.78, 5) is 13.9. The maximum Gasteiger partial charge on any atom is 0.287 e. The largest absolute Gasteiger partial charge is 0.451 e. The van der Waals surface area contributed by atoms with Gasteiger partial charge < -0.3 is 15.5 Å². The number of halogens is 1. The Morgan fingerprint density at radius 1 is 1.11 bits per heavy atom. The molecular weight excluding hydrogens is 375 g/mol. The zero-order chi connectivity index (χ0) is 19.5. The molecule has 146 valence electrons. The van der Waals surface area contributed by atoms with E-state index in [4.69, 9.17) is 10.2 Å². The molecule has 4 nitrogen and oxygen atoms in total. The molecule has 1 aliphatic rings. The Labute approximate surface area is 167 Å². The molecule has 4 rings (SSSR count). The molecule has 0 saturated heterocycles. The van der Waals surface area contributed by atoms with Crippen LogP contribution in [-0.2, 0) is 5.75 Å². The highest BCUT2D eigenvalue weighted by Crippen LogP contribution is 2.32. The third-order valence-electron chi connectivity index (χ3n) is 5.21. The van der Waals surface area contributed by atoms with E-state index in [-0.39, 0.29) is 23.8 Å². The predicted octanol–water partition coefficient (Wildman–Crippen LogP) is 4.86. The third-order valence-corrected chi connectivity index (χ3v) is 6.25. The molecule has 28 heavy (non-hydrogen) atoms. The summed E-state index contributed by atoms with van der Waals surface area (Å²) in [5.74, 6) is 0.503. The first-order valence-corrected chi connectivity index (χ1v) is 10.5. The average Bonchev–Trinajstić information content (AvgIpc) is 3.08. The third kappa shape index (κ3) is 4.23. The van der Waals surface area contributed by atoms with Crippen LogP contribution in [0.2, 0.25) is 0 Å². The van der Waals surface area contributed by atoms with Gasteiger partial charge >= 0.3 is 0 Å². The van der Waals surface area contributed by atoms with Gasteiger partial charge in [-0.15, -0.1) is 11.8 Å². The van der Waals surface area contributed by atoms with Crippen LogP contribution in [0.1, 0.15) is 41.8 Å². The first kappa shape index (κ1) is 19.0. The van der Waals surface area contributed by atoms with Gasteiger partial charge in [-0.2, -0.15) is 0 Å². The number of carbonyl (C=O) groups is 1. The number of rotatable bonds is 5. The molecule has 2 aromatic carbocycles. The van der Waals surface area contributed by atoms with Crippen LogP contribution in [0.5, 0.6) is 0 Å². The Kier molecular flexibility index (Phi) is 5.69. The minimum atomic E-state index is -0.259. The quantitative estimate of drug-likeness (QED) is 0.602. The van der Waals surface area contributed by atoms with Crippen LogP contribution < -0.4 is 11.1 Å². The van der Waals surface area contributed by atoms with Crippen LogP contribution in [-0.4, -0.2) is 18.0 Å². The summed E-state index contributed by atoms with van der Waals surface area (Å²) in [6, 6.07) is 14.4. The number of para-hydroxylation sites is 1. The summed E-state index contributed by atoms with van der Waals surface area (Å²) in [6.07, 6.45) is 3.65. The predicted molar refractivity (Wildman–Crippen MR) is 110 cm³/mol. The van der Waals surface area contributed by atoms with Crippen molar-refractivity contribution in [2.75, 3.05) is 0 Å². The molecule has 6 heteroatoms. The van der Waals surface area contributed by atoms with E-state index in [1.54, 1.807) is 23.9 Å². The number of fused-ring (bicyclic) bond motifs is 1. The van der Waals surface area contributed by atoms with Crippen LogP contribution in [0, 0.1) is 5.82 Å². The lowest BCUT2D eigenvalue weighted by atomic mass is 9.92. The second kappa shape index (κ2) is 8.37. The SMILES string of the molecule is NC1CCC(NC(=O)c2oc3ccccc3c2CSc2ccc(F)cc2)CC1. The standard InChI is InChI=1S/C22H23FN2O2S/c23-14-5-11-17(12-6-14)28-13-19-18-3-1-2-4-20(18)27-21(19)22(26)25-16-9-7-15(24)8-10-16/h1-6,11-12,15-16H,7-10,13,24H2,(H,25,26). The monoisotopic (exact) mass is 398 g/mol. The fourth-order valence-corrected chi connectivity index (χ4v) is 4.55. The maximum absolute atomic E-state index is 13.1. The zero-order valence-electron chi connectivity index (χ0n) is 15.5. The number of furan rings is 1. The van der Waals surface area contributed by atoms with E-state index in [0.29, 0.717) is 17.1 Å². The summed E-state index contributed by atoms with van der Waals surface area (Å²) in [7, 11) is 0. The van der Waals surface area contributed by atoms with E-state index in [1.165, 1.54) is 12.1 Å². The Morgan fingerprint density at radius 3 is 2.57 bits per heavy atom. The molecule has 1 heterocycles. The van der Waals surface area contributed by atoms with Gasteiger partial charge in [0, 0.05) is 33.7 Å². The fourth-order valence-electron chi connectivity index (χ4n) is 3.63. The van der Waals surface area contributed by atoms with Crippen LogP contribution >= 0.6 is 11.8 Å². The van der Waals surface area contributed by atoms with Crippen molar-refractivity contribution in [3.63, 3.8) is 0 Å². The Balaban J connectivity index is 1.55. The van der Waals surface area contributed by atoms with Crippen LogP contribution in [0.25, 0.3) is 11.0 Å². The lowest BCUT2D eigenvalue weighted by Gasteiger charge is -2.26. The smallest absolute Gasteiger partial charge is 0.287 e. The summed E-state index contributed by atoms with van der Waals surface area (Å²) < 4.78 is 19.1. The Bertz CT molecular complexity index is 962. The molecule has 0 atom stereocenters. The molecule has 3 N–H and O–H groups in total. The Morgan fingerprint density at radius 2 is 1.82 bits per heavy atom. The molecule has 1 saturated carbocycles. The molecule has 0 spiro atoms. The van der Waals surface area contributed by atoms with E-state index in [0.717, 1.165) is 41.5 Å². The Hall–Kier alpha value is -2.31. The molecule has 1 aromatic heterocycles. The second-order valence-corrected chi connectivity index (χ2v) is 8.28. The van der Waals surface area contributed by atoms with E-state index >= 15 is 0 Å². The van der Waals surface area contributed by atoms with E-state index in [2.05, 4.69) is 5.32 Å². The van der Waals surface area contributed by atoms with Gasteiger partial charge in [0.2, 0.25) is 0 Å². The van der Waals surface area contributed by atoms with Crippen molar-refractivity contribution in [2.24, 2.45) is 5.73 Å². The van der Waals surface area contributed by atoms with E-state index < -0.39 is 0 Å². The molecular formula is C22H23FN2O2S. The number of benzene rings is 2. The van der Waals surface area contributed by atoms with Gasteiger partial charge in [-0.1, -0.05) is 18.2 Å². The number of nitrogens with one attached hydrogen (secondary N) is 1. The number of amides is 1. The highest BCUT2D eigenvalue weighted by atomic mass is 32.2. The molecule has 0 aliphatic heterocycles. The van der Waals surface area contributed by atoms with Gasteiger partial charge in [0.1, 0.15) is 11.4 Å².